The standard InChI is InChI=1S/C20H23N3O2S/c1-4-9-21-19(25)16-7-5-15(6-8-16)11-23-17(24)12-26-20-18(23)13(2)10-14(3)22-20/h5-8,10H,4,9,11-12H2,1-3H3,(H,21,25). The summed E-state index contributed by atoms with van der Waals surface area (Å²) in [5.74, 6) is 0.422. The monoisotopic (exact) mass is 369 g/mol. The Labute approximate surface area is 158 Å². The van der Waals surface area contributed by atoms with Crippen LogP contribution in [0.2, 0.25) is 0 Å². The van der Waals surface area contributed by atoms with E-state index < -0.39 is 0 Å². The minimum atomic E-state index is -0.0651. The average Bonchev–Trinajstić information content (AvgIpc) is 2.62. The third kappa shape index (κ3) is 3.90. The van der Waals surface area contributed by atoms with Gasteiger partial charge in [0, 0.05) is 17.8 Å². The summed E-state index contributed by atoms with van der Waals surface area (Å²) in [7, 11) is 0. The summed E-state index contributed by atoms with van der Waals surface area (Å²) in [6, 6.07) is 9.44. The number of hydrogen-bond donors (Lipinski definition) is 1. The number of hydrogen-bond acceptors (Lipinski definition) is 4. The Balaban J connectivity index is 1.81. The molecule has 1 aromatic heterocycles. The summed E-state index contributed by atoms with van der Waals surface area (Å²) in [5, 5.41) is 3.78. The molecule has 6 heteroatoms. The van der Waals surface area contributed by atoms with Crippen LogP contribution < -0.4 is 10.2 Å². The highest BCUT2D eigenvalue weighted by Gasteiger charge is 2.27. The second-order valence-corrected chi connectivity index (χ2v) is 7.42. The fraction of sp³-hybridized carbons (Fsp3) is 0.350. The second kappa shape index (κ2) is 7.91. The van der Waals surface area contributed by atoms with Gasteiger partial charge in [0.2, 0.25) is 5.91 Å². The number of amides is 2. The zero-order valence-corrected chi connectivity index (χ0v) is 16.2. The molecule has 136 valence electrons. The summed E-state index contributed by atoms with van der Waals surface area (Å²) in [5.41, 5.74) is 4.55. The van der Waals surface area contributed by atoms with Crippen LogP contribution in [0.5, 0.6) is 0 Å². The van der Waals surface area contributed by atoms with E-state index in [0.29, 0.717) is 24.4 Å². The lowest BCUT2D eigenvalue weighted by Crippen LogP contribution is -2.35. The van der Waals surface area contributed by atoms with E-state index in [0.717, 1.165) is 34.0 Å². The van der Waals surface area contributed by atoms with E-state index in [1.165, 1.54) is 11.8 Å². The molecule has 2 heterocycles. The Morgan fingerprint density at radius 1 is 1.27 bits per heavy atom. The number of anilines is 1. The molecule has 2 aromatic rings. The summed E-state index contributed by atoms with van der Waals surface area (Å²) >= 11 is 1.50. The van der Waals surface area contributed by atoms with Crippen LogP contribution in [-0.2, 0) is 11.3 Å². The zero-order valence-electron chi connectivity index (χ0n) is 15.3. The lowest BCUT2D eigenvalue weighted by atomic mass is 10.1. The molecule has 1 aliphatic heterocycles. The number of carbonyl (C=O) groups is 2. The smallest absolute Gasteiger partial charge is 0.251 e. The van der Waals surface area contributed by atoms with Crippen molar-refractivity contribution in [1.29, 1.82) is 0 Å². The highest BCUT2D eigenvalue weighted by Crippen LogP contribution is 2.37. The predicted molar refractivity (Wildman–Crippen MR) is 105 cm³/mol. The molecule has 0 bridgehead atoms. The van der Waals surface area contributed by atoms with Crippen molar-refractivity contribution in [2.45, 2.75) is 38.8 Å². The summed E-state index contributed by atoms with van der Waals surface area (Å²) < 4.78 is 0. The molecule has 0 fully saturated rings. The van der Waals surface area contributed by atoms with Gasteiger partial charge in [-0.05, 0) is 49.6 Å². The van der Waals surface area contributed by atoms with Crippen molar-refractivity contribution in [2.24, 2.45) is 0 Å². The molecule has 1 aromatic carbocycles. The van der Waals surface area contributed by atoms with Gasteiger partial charge in [-0.2, -0.15) is 0 Å². The quantitative estimate of drug-likeness (QED) is 0.876. The summed E-state index contributed by atoms with van der Waals surface area (Å²) in [6.45, 7) is 7.16. The molecular formula is C20H23N3O2S. The molecule has 0 radical (unpaired) electrons. The van der Waals surface area contributed by atoms with Gasteiger partial charge in [0.15, 0.2) is 0 Å². The fourth-order valence-corrected chi connectivity index (χ4v) is 4.04. The molecule has 1 aliphatic rings. The first-order valence-electron chi connectivity index (χ1n) is 8.78. The fourth-order valence-electron chi connectivity index (χ4n) is 3.01. The van der Waals surface area contributed by atoms with Crippen LogP contribution in [0.3, 0.4) is 0 Å². The van der Waals surface area contributed by atoms with Gasteiger partial charge in [0.05, 0.1) is 18.0 Å². The van der Waals surface area contributed by atoms with Crippen molar-refractivity contribution >= 4 is 29.3 Å². The van der Waals surface area contributed by atoms with Gasteiger partial charge in [-0.3, -0.25) is 9.59 Å². The Kier molecular flexibility index (Phi) is 5.61. The van der Waals surface area contributed by atoms with Gasteiger partial charge in [-0.15, -0.1) is 0 Å². The predicted octanol–water partition coefficient (Wildman–Crippen LogP) is 3.48. The molecular weight excluding hydrogens is 346 g/mol. The van der Waals surface area contributed by atoms with Crippen molar-refractivity contribution in [3.8, 4) is 0 Å². The third-order valence-corrected chi connectivity index (χ3v) is 5.22. The first kappa shape index (κ1) is 18.5. The van der Waals surface area contributed by atoms with Gasteiger partial charge < -0.3 is 10.2 Å². The van der Waals surface area contributed by atoms with E-state index in [1.54, 1.807) is 4.90 Å². The number of nitrogens with zero attached hydrogens (tertiary/aromatic N) is 2. The van der Waals surface area contributed by atoms with E-state index in [9.17, 15) is 9.59 Å². The number of rotatable bonds is 5. The highest BCUT2D eigenvalue weighted by atomic mass is 32.2. The van der Waals surface area contributed by atoms with Crippen molar-refractivity contribution in [3.05, 3.63) is 52.7 Å². The average molecular weight is 369 g/mol. The molecule has 2 amide bonds. The number of aromatic nitrogens is 1. The van der Waals surface area contributed by atoms with E-state index in [-0.39, 0.29) is 11.8 Å². The van der Waals surface area contributed by atoms with Crippen LogP contribution in [-0.4, -0.2) is 29.1 Å². The number of carbonyl (C=O) groups excluding carboxylic acids is 2. The number of thioether (sulfide) groups is 1. The normalized spacial score (nSPS) is 13.5. The first-order valence-corrected chi connectivity index (χ1v) is 9.76. The highest BCUT2D eigenvalue weighted by molar-refractivity contribution is 8.00. The van der Waals surface area contributed by atoms with Crippen molar-refractivity contribution in [1.82, 2.24) is 10.3 Å². The van der Waals surface area contributed by atoms with E-state index >= 15 is 0 Å². The van der Waals surface area contributed by atoms with Crippen LogP contribution in [0, 0.1) is 13.8 Å². The van der Waals surface area contributed by atoms with Gasteiger partial charge >= 0.3 is 0 Å². The molecule has 3 rings (SSSR count). The third-order valence-electron chi connectivity index (χ3n) is 4.28. The number of benzene rings is 1. The molecule has 0 saturated heterocycles. The molecule has 0 aliphatic carbocycles. The molecule has 0 atom stereocenters. The van der Waals surface area contributed by atoms with Crippen molar-refractivity contribution < 1.29 is 9.59 Å². The molecule has 0 saturated carbocycles. The Bertz CT molecular complexity index is 834. The maximum absolute atomic E-state index is 12.5. The van der Waals surface area contributed by atoms with E-state index in [4.69, 9.17) is 0 Å². The van der Waals surface area contributed by atoms with Crippen LogP contribution >= 0.6 is 11.8 Å². The largest absolute Gasteiger partial charge is 0.352 e. The Morgan fingerprint density at radius 2 is 2.00 bits per heavy atom. The lowest BCUT2D eigenvalue weighted by molar-refractivity contribution is -0.116. The van der Waals surface area contributed by atoms with Gasteiger partial charge in [0.1, 0.15) is 5.03 Å². The lowest BCUT2D eigenvalue weighted by Gasteiger charge is -2.30. The van der Waals surface area contributed by atoms with Gasteiger partial charge in [0.25, 0.3) is 5.91 Å². The molecule has 0 unspecified atom stereocenters. The first-order chi connectivity index (χ1) is 12.5. The Morgan fingerprint density at radius 3 is 2.69 bits per heavy atom. The molecule has 26 heavy (non-hydrogen) atoms. The zero-order chi connectivity index (χ0) is 18.7. The second-order valence-electron chi connectivity index (χ2n) is 6.46. The summed E-state index contributed by atoms with van der Waals surface area (Å²) in [6.07, 6.45) is 0.908. The molecule has 1 N–H and O–H groups in total. The van der Waals surface area contributed by atoms with Crippen LogP contribution in [0.15, 0.2) is 35.4 Å². The maximum atomic E-state index is 12.5. The van der Waals surface area contributed by atoms with Crippen molar-refractivity contribution in [3.63, 3.8) is 0 Å². The number of pyridine rings is 1. The molecule has 5 nitrogen and oxygen atoms in total. The topological polar surface area (TPSA) is 62.3 Å². The molecule has 0 spiro atoms. The van der Waals surface area contributed by atoms with E-state index in [2.05, 4.69) is 10.3 Å². The Hall–Kier alpha value is -2.34. The van der Waals surface area contributed by atoms with E-state index in [1.807, 2.05) is 51.1 Å². The van der Waals surface area contributed by atoms with Crippen LogP contribution in [0.4, 0.5) is 5.69 Å². The number of aryl methyl sites for hydroxylation is 2. The number of fused-ring (bicyclic) bond motifs is 1. The van der Waals surface area contributed by atoms with Crippen LogP contribution in [0.25, 0.3) is 0 Å². The minimum Gasteiger partial charge on any atom is -0.352 e. The maximum Gasteiger partial charge on any atom is 0.251 e. The van der Waals surface area contributed by atoms with Gasteiger partial charge in [-0.25, -0.2) is 4.98 Å². The van der Waals surface area contributed by atoms with Crippen LogP contribution in [0.1, 0.15) is 40.5 Å². The van der Waals surface area contributed by atoms with Gasteiger partial charge in [-0.1, -0.05) is 30.8 Å². The SMILES string of the molecule is CCCNC(=O)c1ccc(CN2C(=O)CSc3nc(C)cc(C)c32)cc1. The number of nitrogens with one attached hydrogen (secondary N) is 1. The minimum absolute atomic E-state index is 0.0651. The van der Waals surface area contributed by atoms with Crippen molar-refractivity contribution in [2.75, 3.05) is 17.2 Å². The summed E-state index contributed by atoms with van der Waals surface area (Å²) in [4.78, 5) is 30.9.